The Morgan fingerprint density at radius 2 is 1.75 bits per heavy atom. The van der Waals surface area contributed by atoms with Gasteiger partial charge in [-0.15, -0.1) is 0 Å². The molecule has 2 heterocycles. The first-order chi connectivity index (χ1) is 26.5. The summed E-state index contributed by atoms with van der Waals surface area (Å²) in [5, 5.41) is 17.9. The number of unbranched alkanes of at least 4 members (excludes halogenated alkanes) is 2. The number of ether oxygens (including phenoxy) is 4. The van der Waals surface area contributed by atoms with E-state index in [4.69, 9.17) is 30.2 Å². The van der Waals surface area contributed by atoms with Crippen molar-refractivity contribution < 1.29 is 37.3 Å². The molecule has 0 aliphatic carbocycles. The number of nitrogens with zero attached hydrogens (tertiary/aromatic N) is 4. The molecule has 0 radical (unpaired) electrons. The van der Waals surface area contributed by atoms with Gasteiger partial charge in [-0.1, -0.05) is 89.8 Å². The second-order valence-electron chi connectivity index (χ2n) is 16.8. The Bertz CT molecular complexity index is 1630. The lowest BCUT2D eigenvalue weighted by Crippen LogP contribution is -2.52. The Labute approximate surface area is 334 Å². The quantitative estimate of drug-likeness (QED) is 0.0465. The summed E-state index contributed by atoms with van der Waals surface area (Å²) in [6, 6.07) is 12.9. The van der Waals surface area contributed by atoms with Crippen LogP contribution in [-0.2, 0) is 25.9 Å². The number of aliphatic hydroxyl groups excluding tert-OH is 1. The monoisotopic (exact) mass is 802 g/mol. The number of alkyl carbamates (subject to hydrolysis) is 1. The van der Waals surface area contributed by atoms with Gasteiger partial charge < -0.3 is 35.1 Å². The van der Waals surface area contributed by atoms with Crippen molar-refractivity contribution in [2.75, 3.05) is 46.2 Å². The van der Waals surface area contributed by atoms with Gasteiger partial charge in [0.1, 0.15) is 6.10 Å². The largest absolute Gasteiger partial charge is 0.454 e. The molecule has 3 atom stereocenters. The second-order valence-corrected chi connectivity index (χ2v) is 18.7. The van der Waals surface area contributed by atoms with Crippen molar-refractivity contribution in [1.29, 1.82) is 0 Å². The molecular formula is C41H66N6O8S. The Kier molecular flexibility index (Phi) is 19.2. The normalized spacial score (nSPS) is 16.5. The highest BCUT2D eigenvalue weighted by molar-refractivity contribution is 7.89. The lowest BCUT2D eigenvalue weighted by atomic mass is 9.80. The van der Waals surface area contributed by atoms with Gasteiger partial charge in [0.2, 0.25) is 16.8 Å². The van der Waals surface area contributed by atoms with E-state index in [1.54, 1.807) is 6.07 Å². The molecule has 4 rings (SSSR count). The minimum absolute atomic E-state index is 0.0000574. The number of azide groups is 1. The van der Waals surface area contributed by atoms with Crippen molar-refractivity contribution in [3.63, 3.8) is 0 Å². The highest BCUT2D eigenvalue weighted by Gasteiger charge is 2.36. The second kappa shape index (κ2) is 23.0. The molecule has 56 heavy (non-hydrogen) atoms. The van der Waals surface area contributed by atoms with E-state index in [-0.39, 0.29) is 37.3 Å². The fourth-order valence-corrected chi connectivity index (χ4v) is 8.87. The Hall–Kier alpha value is -3.59. The first-order valence-electron chi connectivity index (χ1n) is 19.9. The van der Waals surface area contributed by atoms with Crippen molar-refractivity contribution in [2.24, 2.45) is 27.6 Å². The highest BCUT2D eigenvalue weighted by atomic mass is 32.2. The summed E-state index contributed by atoms with van der Waals surface area (Å²) < 4.78 is 51.1. The number of nitrogens with two attached hydrogens (primary N) is 1. The van der Waals surface area contributed by atoms with E-state index in [0.29, 0.717) is 55.9 Å². The van der Waals surface area contributed by atoms with Crippen molar-refractivity contribution in [2.45, 2.75) is 122 Å². The summed E-state index contributed by atoms with van der Waals surface area (Å²) in [7, 11) is -4.13. The molecule has 2 aromatic rings. The van der Waals surface area contributed by atoms with Crippen molar-refractivity contribution in [3.8, 4) is 11.5 Å². The number of aliphatic hydroxyl groups is 1. The third-order valence-corrected chi connectivity index (χ3v) is 11.7. The molecule has 2 aliphatic heterocycles. The summed E-state index contributed by atoms with van der Waals surface area (Å²) in [6.07, 6.45) is 5.63. The number of benzene rings is 2. The lowest BCUT2D eigenvalue weighted by Gasteiger charge is -2.35. The van der Waals surface area contributed by atoms with Crippen molar-refractivity contribution in [3.05, 3.63) is 64.5 Å². The molecule has 0 aromatic heterocycles. The predicted molar refractivity (Wildman–Crippen MR) is 218 cm³/mol. The number of amides is 1. The number of sulfonamides is 1. The van der Waals surface area contributed by atoms with Crippen LogP contribution < -0.4 is 20.5 Å². The van der Waals surface area contributed by atoms with Crippen LogP contribution in [0.2, 0.25) is 0 Å². The van der Waals surface area contributed by atoms with Gasteiger partial charge in [-0.3, -0.25) is 0 Å². The molecule has 2 aromatic carbocycles. The van der Waals surface area contributed by atoms with Gasteiger partial charge in [0.25, 0.3) is 0 Å². The number of carbonyl (C=O) groups is 1. The number of hydrogen-bond donors (Lipinski definition) is 3. The van der Waals surface area contributed by atoms with Crippen LogP contribution in [0.1, 0.15) is 98.5 Å². The first-order valence-corrected chi connectivity index (χ1v) is 21.4. The maximum Gasteiger partial charge on any atom is 0.407 e. The first kappa shape index (κ1) is 46.8. The van der Waals surface area contributed by atoms with E-state index in [2.05, 4.69) is 43.0 Å². The zero-order valence-corrected chi connectivity index (χ0v) is 35.1. The van der Waals surface area contributed by atoms with Gasteiger partial charge in [-0.2, -0.15) is 4.31 Å². The highest BCUT2D eigenvalue weighted by Crippen LogP contribution is 2.36. The van der Waals surface area contributed by atoms with Crippen molar-refractivity contribution >= 4 is 16.1 Å². The molecule has 1 amide bonds. The fraction of sp³-hybridized carbons (Fsp3) is 0.683. The minimum atomic E-state index is -4.13. The minimum Gasteiger partial charge on any atom is -0.454 e. The molecular weight excluding hydrogens is 737 g/mol. The third kappa shape index (κ3) is 16.5. The lowest BCUT2D eigenvalue weighted by molar-refractivity contribution is 0.0623. The zero-order valence-electron chi connectivity index (χ0n) is 34.3. The number of nitrogens with one attached hydrogen (secondary N) is 1. The molecule has 15 heteroatoms. The molecule has 14 nitrogen and oxygen atoms in total. The summed E-state index contributed by atoms with van der Waals surface area (Å²) in [6.45, 7) is 15.0. The molecule has 2 aliphatic rings. The van der Waals surface area contributed by atoms with E-state index in [0.717, 1.165) is 24.4 Å². The van der Waals surface area contributed by atoms with Crippen LogP contribution in [0.3, 0.4) is 0 Å². The van der Waals surface area contributed by atoms with Gasteiger partial charge in [0.15, 0.2) is 11.5 Å². The van der Waals surface area contributed by atoms with Gasteiger partial charge in [-0.25, -0.2) is 13.2 Å². The van der Waals surface area contributed by atoms with Crippen LogP contribution in [0.25, 0.3) is 10.4 Å². The van der Waals surface area contributed by atoms with Gasteiger partial charge in [-0.05, 0) is 85.0 Å². The Balaban J connectivity index is 0.000000604. The van der Waals surface area contributed by atoms with Crippen LogP contribution in [0, 0.1) is 16.7 Å². The molecule has 0 bridgehead atoms. The number of carbonyl (C=O) groups excluding carboxylic acids is 1. The van der Waals surface area contributed by atoms with Crippen LogP contribution in [0.5, 0.6) is 11.5 Å². The number of rotatable bonds is 22. The topological polar surface area (TPSA) is 198 Å². The molecule has 0 saturated carbocycles. The third-order valence-electron chi connectivity index (χ3n) is 9.90. The van der Waals surface area contributed by atoms with Crippen LogP contribution in [0.15, 0.2) is 58.5 Å². The molecule has 1 fully saturated rings. The average Bonchev–Trinajstić information content (AvgIpc) is 3.83. The smallest absolute Gasteiger partial charge is 0.407 e. The Morgan fingerprint density at radius 1 is 1.05 bits per heavy atom. The van der Waals surface area contributed by atoms with Crippen LogP contribution >= 0.6 is 0 Å². The maximum atomic E-state index is 14.1. The Morgan fingerprint density at radius 3 is 2.41 bits per heavy atom. The van der Waals surface area contributed by atoms with Gasteiger partial charge in [0.05, 0.1) is 30.3 Å². The van der Waals surface area contributed by atoms with Gasteiger partial charge >= 0.3 is 6.09 Å². The summed E-state index contributed by atoms with van der Waals surface area (Å²) in [5.74, 6) is 1.60. The van der Waals surface area contributed by atoms with E-state index >= 15 is 0 Å². The SMILES string of the molecule is CC(C)(CCCCN=[N+]=[N-])CN(CC(O)[C@H](Cc1ccccc1)NC(=O)OC1CCOC1)S(=O)(=O)c1ccc2c(c1)OCO2.CC(C)CC(C)(C)CCCCN. The standard InChI is InChI=1S/C30H41N5O8S.C11H25N/c1-30(2,13-6-7-14-32-34-31)20-35(44(38,39)24-10-11-27-28(17-24)42-21-41-27)18-26(36)25(16-22-8-4-3-5-9-22)33-29(37)43-23-12-15-40-19-23;1-10(2)9-11(3,4)7-5-6-8-12/h3-5,8-11,17,23,25-26,36H,6-7,12-16,18-21H2,1-2H3,(H,33,37);10H,5-9,12H2,1-4H3/t23?,25-,26?;/m0./s1. The van der Waals surface area contributed by atoms with Crippen LogP contribution in [0.4, 0.5) is 4.79 Å². The average molecular weight is 803 g/mol. The molecule has 2 unspecified atom stereocenters. The molecule has 4 N–H and O–H groups in total. The van der Waals surface area contributed by atoms with Crippen LogP contribution in [-0.4, -0.2) is 88.4 Å². The molecule has 0 spiro atoms. The molecule has 1 saturated heterocycles. The van der Waals surface area contributed by atoms with E-state index in [1.807, 2.05) is 44.2 Å². The van der Waals surface area contributed by atoms with E-state index in [1.165, 1.54) is 42.1 Å². The zero-order chi connectivity index (χ0) is 41.2. The fourth-order valence-electron chi connectivity index (χ4n) is 7.21. The summed E-state index contributed by atoms with van der Waals surface area (Å²) in [4.78, 5) is 15.6. The number of fused-ring (bicyclic) bond motifs is 1. The van der Waals surface area contributed by atoms with E-state index < -0.39 is 33.7 Å². The number of hydrogen-bond acceptors (Lipinski definition) is 10. The van der Waals surface area contributed by atoms with Crippen molar-refractivity contribution in [1.82, 2.24) is 9.62 Å². The maximum absolute atomic E-state index is 14.1. The van der Waals surface area contributed by atoms with Gasteiger partial charge in [0, 0.05) is 37.0 Å². The summed E-state index contributed by atoms with van der Waals surface area (Å²) >= 11 is 0. The predicted octanol–water partition coefficient (Wildman–Crippen LogP) is 7.59. The molecule has 314 valence electrons. The summed E-state index contributed by atoms with van der Waals surface area (Å²) in [5.41, 5.74) is 14.9. The van der Waals surface area contributed by atoms with E-state index in [9.17, 15) is 18.3 Å².